The quantitative estimate of drug-likeness (QED) is 0.821. The highest BCUT2D eigenvalue weighted by Gasteiger charge is 2.05. The van der Waals surface area contributed by atoms with E-state index in [-0.39, 0.29) is 24.7 Å². The third-order valence-electron chi connectivity index (χ3n) is 2.80. The van der Waals surface area contributed by atoms with E-state index in [0.717, 1.165) is 10.6 Å². The summed E-state index contributed by atoms with van der Waals surface area (Å²) in [7, 11) is 0. The van der Waals surface area contributed by atoms with Crippen LogP contribution in [0.4, 0.5) is 10.1 Å². The minimum absolute atomic E-state index is 0.135. The number of rotatable bonds is 6. The second-order valence-corrected chi connectivity index (χ2v) is 5.19. The van der Waals surface area contributed by atoms with Crippen LogP contribution in [0.5, 0.6) is 5.75 Å². The molecule has 0 unspecified atom stereocenters. The Hall–Kier alpha value is -2.01. The number of carbonyl (C=O) groups excluding carboxylic acids is 1. The summed E-state index contributed by atoms with van der Waals surface area (Å²) >= 11 is 1.64. The molecule has 3 nitrogen and oxygen atoms in total. The van der Waals surface area contributed by atoms with E-state index in [0.29, 0.717) is 0 Å². The Labute approximate surface area is 127 Å². The Kier molecular flexibility index (Phi) is 5.63. The van der Waals surface area contributed by atoms with Crippen molar-refractivity contribution < 1.29 is 13.9 Å². The number of halogens is 1. The van der Waals surface area contributed by atoms with Gasteiger partial charge < -0.3 is 10.1 Å². The van der Waals surface area contributed by atoms with Gasteiger partial charge >= 0.3 is 0 Å². The van der Waals surface area contributed by atoms with Crippen LogP contribution in [0.1, 0.15) is 6.42 Å². The summed E-state index contributed by atoms with van der Waals surface area (Å²) in [5.41, 5.74) is 0.740. The number of hydrogen-bond acceptors (Lipinski definition) is 3. The number of nitrogens with one attached hydrogen (secondary N) is 1. The van der Waals surface area contributed by atoms with Crippen LogP contribution in [0.2, 0.25) is 0 Å². The van der Waals surface area contributed by atoms with Crippen molar-refractivity contribution in [2.75, 3.05) is 18.2 Å². The summed E-state index contributed by atoms with van der Waals surface area (Å²) < 4.78 is 18.5. The van der Waals surface area contributed by atoms with E-state index in [1.165, 1.54) is 12.1 Å². The zero-order chi connectivity index (χ0) is 15.1. The lowest BCUT2D eigenvalue weighted by atomic mass is 10.3. The van der Waals surface area contributed by atoms with Crippen molar-refractivity contribution >= 4 is 23.4 Å². The Bertz CT molecular complexity index is 601. The van der Waals surface area contributed by atoms with Crippen LogP contribution in [-0.2, 0) is 4.79 Å². The predicted molar refractivity (Wildman–Crippen MR) is 83.4 cm³/mol. The van der Waals surface area contributed by atoms with Gasteiger partial charge in [-0.05, 0) is 42.7 Å². The van der Waals surface area contributed by atoms with Crippen molar-refractivity contribution in [1.29, 1.82) is 0 Å². The summed E-state index contributed by atoms with van der Waals surface area (Å²) in [5.74, 6) is -0.427. The van der Waals surface area contributed by atoms with Crippen LogP contribution in [0, 0.1) is 5.82 Å². The van der Waals surface area contributed by atoms with Gasteiger partial charge in [0.05, 0.1) is 13.0 Å². The molecule has 0 bridgehead atoms. The van der Waals surface area contributed by atoms with Crippen molar-refractivity contribution in [3.8, 4) is 5.75 Å². The number of carbonyl (C=O) groups is 1. The molecule has 0 spiro atoms. The van der Waals surface area contributed by atoms with Gasteiger partial charge in [-0.15, -0.1) is 11.8 Å². The Balaban J connectivity index is 1.78. The second-order valence-electron chi connectivity index (χ2n) is 4.31. The van der Waals surface area contributed by atoms with Gasteiger partial charge in [0.2, 0.25) is 5.91 Å². The summed E-state index contributed by atoms with van der Waals surface area (Å²) in [6.45, 7) is 0.135. The highest BCUT2D eigenvalue weighted by Crippen LogP contribution is 2.18. The molecular weight excluding hydrogens is 289 g/mol. The highest BCUT2D eigenvalue weighted by molar-refractivity contribution is 7.98. The second kappa shape index (κ2) is 7.69. The maximum absolute atomic E-state index is 13.3. The molecule has 110 valence electrons. The Morgan fingerprint density at radius 3 is 2.57 bits per heavy atom. The van der Waals surface area contributed by atoms with Crippen LogP contribution in [0.15, 0.2) is 53.4 Å². The topological polar surface area (TPSA) is 38.3 Å². The number of ether oxygens (including phenoxy) is 1. The first kappa shape index (κ1) is 15.4. The monoisotopic (exact) mass is 305 g/mol. The van der Waals surface area contributed by atoms with Crippen LogP contribution in [0.25, 0.3) is 0 Å². The van der Waals surface area contributed by atoms with Crippen LogP contribution >= 0.6 is 11.8 Å². The molecule has 0 fully saturated rings. The highest BCUT2D eigenvalue weighted by atomic mass is 32.2. The lowest BCUT2D eigenvalue weighted by Gasteiger charge is -2.08. The molecule has 0 aromatic heterocycles. The molecule has 21 heavy (non-hydrogen) atoms. The van der Waals surface area contributed by atoms with Crippen LogP contribution in [0.3, 0.4) is 0 Å². The molecule has 0 heterocycles. The van der Waals surface area contributed by atoms with E-state index in [1.54, 1.807) is 23.9 Å². The smallest absolute Gasteiger partial charge is 0.227 e. The minimum Gasteiger partial charge on any atom is -0.490 e. The van der Waals surface area contributed by atoms with E-state index in [2.05, 4.69) is 5.32 Å². The average molecular weight is 305 g/mol. The number of thioether (sulfide) groups is 1. The number of hydrogen-bond donors (Lipinski definition) is 1. The summed E-state index contributed by atoms with van der Waals surface area (Å²) in [5, 5.41) is 2.77. The molecule has 0 saturated carbocycles. The van der Waals surface area contributed by atoms with Crippen molar-refractivity contribution in [2.45, 2.75) is 11.3 Å². The molecule has 1 N–H and O–H groups in total. The van der Waals surface area contributed by atoms with Gasteiger partial charge in [-0.3, -0.25) is 4.79 Å². The first-order valence-corrected chi connectivity index (χ1v) is 7.73. The predicted octanol–water partition coefficient (Wildman–Crippen LogP) is 3.96. The van der Waals surface area contributed by atoms with Crippen molar-refractivity contribution in [3.05, 3.63) is 54.3 Å². The van der Waals surface area contributed by atoms with E-state index in [9.17, 15) is 9.18 Å². The standard InChI is InChI=1S/C16H16FNO2S/c1-21-13-8-6-12(7-9-13)18-16(19)10-11-20-15-5-3-2-4-14(15)17/h2-9H,10-11H2,1H3,(H,18,19). The molecule has 0 radical (unpaired) electrons. The van der Waals surface area contributed by atoms with Gasteiger partial charge in [-0.2, -0.15) is 0 Å². The van der Waals surface area contributed by atoms with Crippen molar-refractivity contribution in [3.63, 3.8) is 0 Å². The third-order valence-corrected chi connectivity index (χ3v) is 3.54. The average Bonchev–Trinajstić information content (AvgIpc) is 2.50. The SMILES string of the molecule is CSc1ccc(NC(=O)CCOc2ccccc2F)cc1. The molecule has 5 heteroatoms. The van der Waals surface area contributed by atoms with E-state index < -0.39 is 5.82 Å². The van der Waals surface area contributed by atoms with E-state index in [1.807, 2.05) is 30.5 Å². The lowest BCUT2D eigenvalue weighted by Crippen LogP contribution is -2.15. The molecule has 2 aromatic carbocycles. The largest absolute Gasteiger partial charge is 0.490 e. The van der Waals surface area contributed by atoms with Crippen molar-refractivity contribution in [2.24, 2.45) is 0 Å². The van der Waals surface area contributed by atoms with E-state index >= 15 is 0 Å². The number of amides is 1. The Morgan fingerprint density at radius 1 is 1.19 bits per heavy atom. The lowest BCUT2D eigenvalue weighted by molar-refractivity contribution is -0.116. The number of anilines is 1. The maximum Gasteiger partial charge on any atom is 0.227 e. The molecular formula is C16H16FNO2S. The van der Waals surface area contributed by atoms with Gasteiger partial charge in [0, 0.05) is 10.6 Å². The van der Waals surface area contributed by atoms with Gasteiger partial charge in [0.25, 0.3) is 0 Å². The van der Waals surface area contributed by atoms with E-state index in [4.69, 9.17) is 4.74 Å². The fourth-order valence-corrected chi connectivity index (χ4v) is 2.12. The minimum atomic E-state index is -0.425. The van der Waals surface area contributed by atoms with Crippen LogP contribution in [-0.4, -0.2) is 18.8 Å². The van der Waals surface area contributed by atoms with Crippen LogP contribution < -0.4 is 10.1 Å². The Morgan fingerprint density at radius 2 is 1.90 bits per heavy atom. The molecule has 0 aliphatic rings. The molecule has 0 saturated heterocycles. The number of para-hydroxylation sites is 1. The van der Waals surface area contributed by atoms with Gasteiger partial charge in [0.15, 0.2) is 11.6 Å². The molecule has 1 amide bonds. The molecule has 2 aromatic rings. The van der Waals surface area contributed by atoms with Gasteiger partial charge in [-0.25, -0.2) is 4.39 Å². The van der Waals surface area contributed by atoms with Gasteiger partial charge in [-0.1, -0.05) is 12.1 Å². The van der Waals surface area contributed by atoms with Crippen molar-refractivity contribution in [1.82, 2.24) is 0 Å². The fourth-order valence-electron chi connectivity index (χ4n) is 1.71. The zero-order valence-electron chi connectivity index (χ0n) is 11.6. The summed E-state index contributed by atoms with van der Waals surface area (Å²) in [6, 6.07) is 13.7. The maximum atomic E-state index is 13.3. The summed E-state index contributed by atoms with van der Waals surface area (Å²) in [6.07, 6.45) is 2.16. The van der Waals surface area contributed by atoms with Gasteiger partial charge in [0.1, 0.15) is 0 Å². The normalized spacial score (nSPS) is 10.2. The zero-order valence-corrected chi connectivity index (χ0v) is 12.5. The first-order chi connectivity index (χ1) is 10.2. The number of benzene rings is 2. The third kappa shape index (κ3) is 4.79. The molecule has 0 atom stereocenters. The molecule has 2 rings (SSSR count). The fraction of sp³-hybridized carbons (Fsp3) is 0.188. The molecule has 0 aliphatic carbocycles. The first-order valence-electron chi connectivity index (χ1n) is 6.50. The molecule has 0 aliphatic heterocycles. The summed E-state index contributed by atoms with van der Waals surface area (Å²) in [4.78, 5) is 12.9.